The molecule has 0 spiro atoms. The molecule has 0 unspecified atom stereocenters. The summed E-state index contributed by atoms with van der Waals surface area (Å²) in [5, 5.41) is 16.1. The smallest absolute Gasteiger partial charge is 0.317 e. The van der Waals surface area contributed by atoms with Gasteiger partial charge in [-0.15, -0.1) is 0 Å². The second-order valence-corrected chi connectivity index (χ2v) is 6.69. The van der Waals surface area contributed by atoms with E-state index in [2.05, 4.69) is 21.5 Å². The van der Waals surface area contributed by atoms with Gasteiger partial charge in [-0.05, 0) is 49.2 Å². The quantitative estimate of drug-likeness (QED) is 0.743. The van der Waals surface area contributed by atoms with Crippen molar-refractivity contribution in [3.8, 4) is 11.9 Å². The molecule has 0 aliphatic rings. The van der Waals surface area contributed by atoms with Gasteiger partial charge in [0, 0.05) is 32.0 Å². The van der Waals surface area contributed by atoms with Crippen LogP contribution in [0.25, 0.3) is 5.82 Å². The molecule has 0 saturated heterocycles. The molecular formula is C21H22N6O. The molecule has 0 saturated carbocycles. The van der Waals surface area contributed by atoms with Crippen LogP contribution in [0.3, 0.4) is 0 Å². The maximum atomic E-state index is 12.3. The van der Waals surface area contributed by atoms with Gasteiger partial charge < -0.3 is 10.2 Å². The summed E-state index contributed by atoms with van der Waals surface area (Å²) in [5.74, 6) is 0.749. The lowest BCUT2D eigenvalue weighted by Gasteiger charge is -2.18. The Morgan fingerprint density at radius 2 is 1.89 bits per heavy atom. The third kappa shape index (κ3) is 4.54. The number of nitrogens with zero attached hydrogens (tertiary/aromatic N) is 5. The number of pyridine rings is 1. The van der Waals surface area contributed by atoms with E-state index >= 15 is 0 Å². The van der Waals surface area contributed by atoms with Gasteiger partial charge in [0.25, 0.3) is 0 Å². The van der Waals surface area contributed by atoms with Crippen LogP contribution in [0.5, 0.6) is 0 Å². The Balaban J connectivity index is 1.55. The summed E-state index contributed by atoms with van der Waals surface area (Å²) in [6.07, 6.45) is 1.74. The van der Waals surface area contributed by atoms with Crippen molar-refractivity contribution in [2.45, 2.75) is 26.9 Å². The molecule has 3 rings (SSSR count). The van der Waals surface area contributed by atoms with Crippen LogP contribution in [0.1, 0.15) is 28.1 Å². The number of urea groups is 1. The SMILES string of the molecule is Cc1cc(C)n(-c2ccc(CNC(=O)N(C)Cc3ccc(C#N)cc3)cn2)n1. The molecule has 0 aliphatic carbocycles. The molecule has 2 aromatic heterocycles. The van der Waals surface area contributed by atoms with E-state index in [9.17, 15) is 4.79 Å². The van der Waals surface area contributed by atoms with Gasteiger partial charge in [-0.25, -0.2) is 14.5 Å². The fourth-order valence-electron chi connectivity index (χ4n) is 2.85. The minimum absolute atomic E-state index is 0.174. The van der Waals surface area contributed by atoms with E-state index in [-0.39, 0.29) is 6.03 Å². The standard InChI is InChI=1S/C21H22N6O/c1-15-10-16(2)27(25-15)20-9-8-19(12-23-20)13-24-21(28)26(3)14-18-6-4-17(11-22)5-7-18/h4-10,12H,13-14H2,1-3H3,(H,24,28). The number of nitrogens with one attached hydrogen (secondary N) is 1. The van der Waals surface area contributed by atoms with E-state index in [4.69, 9.17) is 5.26 Å². The first kappa shape index (κ1) is 19.1. The molecule has 0 bridgehead atoms. The first-order valence-electron chi connectivity index (χ1n) is 8.93. The van der Waals surface area contributed by atoms with Gasteiger partial charge in [0.2, 0.25) is 0 Å². The Bertz CT molecular complexity index is 999. The van der Waals surface area contributed by atoms with Crippen LogP contribution >= 0.6 is 0 Å². The van der Waals surface area contributed by atoms with Crippen molar-refractivity contribution in [1.29, 1.82) is 5.26 Å². The third-order valence-electron chi connectivity index (χ3n) is 4.33. The van der Waals surface area contributed by atoms with Crippen molar-refractivity contribution in [3.05, 3.63) is 76.7 Å². The van der Waals surface area contributed by atoms with Crippen molar-refractivity contribution in [2.24, 2.45) is 0 Å². The maximum absolute atomic E-state index is 12.3. The molecule has 0 radical (unpaired) electrons. The highest BCUT2D eigenvalue weighted by Crippen LogP contribution is 2.10. The molecule has 142 valence electrons. The number of amides is 2. The average molecular weight is 374 g/mol. The Morgan fingerprint density at radius 1 is 1.18 bits per heavy atom. The van der Waals surface area contributed by atoms with Gasteiger partial charge in [0.1, 0.15) is 0 Å². The van der Waals surface area contributed by atoms with Crippen LogP contribution in [0.2, 0.25) is 0 Å². The predicted molar refractivity (Wildman–Crippen MR) is 106 cm³/mol. The van der Waals surface area contributed by atoms with Gasteiger partial charge in [0.15, 0.2) is 5.82 Å². The van der Waals surface area contributed by atoms with E-state index in [1.165, 1.54) is 0 Å². The highest BCUT2D eigenvalue weighted by molar-refractivity contribution is 5.73. The Kier molecular flexibility index (Phi) is 5.70. The first-order chi connectivity index (χ1) is 13.5. The van der Waals surface area contributed by atoms with Crippen LogP contribution in [0, 0.1) is 25.2 Å². The van der Waals surface area contributed by atoms with Gasteiger partial charge in [-0.3, -0.25) is 0 Å². The number of carbonyl (C=O) groups excluding carboxylic acids is 1. The zero-order valence-corrected chi connectivity index (χ0v) is 16.2. The molecule has 0 fully saturated rings. The Hall–Kier alpha value is -3.66. The number of hydrogen-bond acceptors (Lipinski definition) is 4. The lowest BCUT2D eigenvalue weighted by molar-refractivity contribution is 0.206. The molecule has 3 aromatic rings. The first-order valence-corrected chi connectivity index (χ1v) is 8.93. The van der Waals surface area contributed by atoms with Crippen molar-refractivity contribution < 1.29 is 4.79 Å². The molecule has 7 heteroatoms. The van der Waals surface area contributed by atoms with E-state index in [0.717, 1.165) is 28.3 Å². The van der Waals surface area contributed by atoms with Gasteiger partial charge in [-0.1, -0.05) is 18.2 Å². The zero-order valence-electron chi connectivity index (χ0n) is 16.2. The molecule has 0 aliphatic heterocycles. The fourth-order valence-corrected chi connectivity index (χ4v) is 2.85. The summed E-state index contributed by atoms with van der Waals surface area (Å²) in [5.41, 5.74) is 4.45. The average Bonchev–Trinajstić information content (AvgIpc) is 3.05. The molecule has 0 atom stereocenters. The summed E-state index contributed by atoms with van der Waals surface area (Å²) in [6.45, 7) is 4.79. The second kappa shape index (κ2) is 8.35. The van der Waals surface area contributed by atoms with Crippen LogP contribution in [-0.4, -0.2) is 32.7 Å². The van der Waals surface area contributed by atoms with Gasteiger partial charge in [0.05, 0.1) is 17.3 Å². The van der Waals surface area contributed by atoms with Gasteiger partial charge >= 0.3 is 6.03 Å². The number of aromatic nitrogens is 3. The van der Waals surface area contributed by atoms with Crippen molar-refractivity contribution in [2.75, 3.05) is 7.05 Å². The number of rotatable bonds is 5. The number of hydrogen-bond donors (Lipinski definition) is 1. The molecule has 1 aromatic carbocycles. The third-order valence-corrected chi connectivity index (χ3v) is 4.33. The largest absolute Gasteiger partial charge is 0.334 e. The fraction of sp³-hybridized carbons (Fsp3) is 0.238. The van der Waals surface area contributed by atoms with E-state index in [0.29, 0.717) is 18.7 Å². The summed E-state index contributed by atoms with van der Waals surface area (Å²) < 4.78 is 1.79. The molecule has 7 nitrogen and oxygen atoms in total. The van der Waals surface area contributed by atoms with Crippen molar-refractivity contribution >= 4 is 6.03 Å². The topological polar surface area (TPSA) is 86.8 Å². The highest BCUT2D eigenvalue weighted by atomic mass is 16.2. The van der Waals surface area contributed by atoms with Gasteiger partial charge in [-0.2, -0.15) is 10.4 Å². The van der Waals surface area contributed by atoms with Crippen molar-refractivity contribution in [3.63, 3.8) is 0 Å². The molecular weight excluding hydrogens is 352 g/mol. The second-order valence-electron chi connectivity index (χ2n) is 6.69. The summed E-state index contributed by atoms with van der Waals surface area (Å²) in [7, 11) is 1.73. The van der Waals surface area contributed by atoms with Crippen molar-refractivity contribution in [1.82, 2.24) is 25.0 Å². The van der Waals surface area contributed by atoms with E-state index in [1.54, 1.807) is 35.0 Å². The maximum Gasteiger partial charge on any atom is 0.317 e. The van der Waals surface area contributed by atoms with Crippen LogP contribution in [0.15, 0.2) is 48.7 Å². The predicted octanol–water partition coefficient (Wildman–Crippen LogP) is 3.10. The number of nitriles is 1. The van der Waals surface area contributed by atoms with E-state index < -0.39 is 0 Å². The normalized spacial score (nSPS) is 10.4. The minimum atomic E-state index is -0.174. The minimum Gasteiger partial charge on any atom is -0.334 e. The zero-order chi connectivity index (χ0) is 20.1. The summed E-state index contributed by atoms with van der Waals surface area (Å²) >= 11 is 0. The molecule has 2 heterocycles. The molecule has 1 N–H and O–H groups in total. The summed E-state index contributed by atoms with van der Waals surface area (Å²) in [4.78, 5) is 18.3. The number of benzene rings is 1. The Morgan fingerprint density at radius 3 is 2.46 bits per heavy atom. The molecule has 28 heavy (non-hydrogen) atoms. The highest BCUT2D eigenvalue weighted by Gasteiger charge is 2.10. The lowest BCUT2D eigenvalue weighted by Crippen LogP contribution is -2.36. The Labute approximate surface area is 164 Å². The van der Waals surface area contributed by atoms with Crippen LogP contribution in [-0.2, 0) is 13.1 Å². The lowest BCUT2D eigenvalue weighted by atomic mass is 10.1. The van der Waals surface area contributed by atoms with Crippen LogP contribution in [0.4, 0.5) is 4.79 Å². The van der Waals surface area contributed by atoms with Crippen LogP contribution < -0.4 is 5.32 Å². The number of aryl methyl sites for hydroxylation is 2. The monoisotopic (exact) mass is 374 g/mol. The number of carbonyl (C=O) groups is 1. The van der Waals surface area contributed by atoms with E-state index in [1.807, 2.05) is 44.2 Å². The molecule has 2 amide bonds. The summed E-state index contributed by atoms with van der Waals surface area (Å²) in [6, 6.07) is 14.9.